The number of furan rings is 1. The monoisotopic (exact) mass is 334 g/mol. The topological polar surface area (TPSA) is 79.6 Å². The molecule has 1 aromatic rings. The van der Waals surface area contributed by atoms with Crippen LogP contribution in [0.15, 0.2) is 16.5 Å². The van der Waals surface area contributed by atoms with Gasteiger partial charge in [-0.25, -0.2) is 8.42 Å². The number of nitrogens with zero attached hydrogens (tertiary/aromatic N) is 1. The Labute approximate surface area is 129 Å². The Morgan fingerprint density at radius 1 is 1.43 bits per heavy atom. The van der Waals surface area contributed by atoms with E-state index in [2.05, 4.69) is 5.32 Å². The Kier molecular flexibility index (Phi) is 4.65. The van der Waals surface area contributed by atoms with Gasteiger partial charge in [-0.05, 0) is 35.6 Å². The first-order chi connectivity index (χ1) is 9.68. The minimum Gasteiger partial charge on any atom is -0.440 e. The third kappa shape index (κ3) is 3.78. The minimum atomic E-state index is -3.26. The standard InChI is InChI=1S/C13H19ClN2O4S/c1-8(2)9-6-16(21(3,18)19)7-10(9)15-13(17)11-4-5-12(14)20-11/h4-5,8-10H,6-7H2,1-3H3,(H,15,17). The number of amides is 1. The van der Waals surface area contributed by atoms with Crippen LogP contribution < -0.4 is 5.32 Å². The molecule has 1 fully saturated rings. The molecule has 0 aromatic carbocycles. The van der Waals surface area contributed by atoms with Crippen LogP contribution in [-0.4, -0.2) is 44.0 Å². The zero-order valence-electron chi connectivity index (χ0n) is 12.2. The maximum Gasteiger partial charge on any atom is 0.287 e. The Morgan fingerprint density at radius 3 is 2.57 bits per heavy atom. The van der Waals surface area contributed by atoms with E-state index in [-0.39, 0.29) is 41.3 Å². The third-order valence-electron chi connectivity index (χ3n) is 3.77. The average Bonchev–Trinajstić information content (AvgIpc) is 2.94. The van der Waals surface area contributed by atoms with Crippen molar-refractivity contribution in [2.24, 2.45) is 11.8 Å². The fourth-order valence-electron chi connectivity index (χ4n) is 2.57. The summed E-state index contributed by atoms with van der Waals surface area (Å²) in [7, 11) is -3.26. The van der Waals surface area contributed by atoms with Crippen LogP contribution in [0.25, 0.3) is 0 Å². The van der Waals surface area contributed by atoms with E-state index in [1.54, 1.807) is 0 Å². The maximum atomic E-state index is 12.1. The summed E-state index contributed by atoms with van der Waals surface area (Å²) in [4.78, 5) is 12.1. The highest BCUT2D eigenvalue weighted by molar-refractivity contribution is 7.88. The molecular formula is C13H19ClN2O4S. The second kappa shape index (κ2) is 5.98. The lowest BCUT2D eigenvalue weighted by Gasteiger charge is -2.22. The lowest BCUT2D eigenvalue weighted by atomic mass is 9.91. The zero-order valence-corrected chi connectivity index (χ0v) is 13.7. The summed E-state index contributed by atoms with van der Waals surface area (Å²) >= 11 is 5.65. The van der Waals surface area contributed by atoms with E-state index in [0.717, 1.165) is 0 Å². The van der Waals surface area contributed by atoms with Crippen LogP contribution in [0.5, 0.6) is 0 Å². The van der Waals surface area contributed by atoms with Gasteiger partial charge < -0.3 is 9.73 Å². The van der Waals surface area contributed by atoms with E-state index in [1.807, 2.05) is 13.8 Å². The number of hydrogen-bond acceptors (Lipinski definition) is 4. The van der Waals surface area contributed by atoms with Crippen LogP contribution in [0, 0.1) is 11.8 Å². The van der Waals surface area contributed by atoms with Crippen LogP contribution in [0.3, 0.4) is 0 Å². The number of halogens is 1. The summed E-state index contributed by atoms with van der Waals surface area (Å²) in [5.41, 5.74) is 0. The summed E-state index contributed by atoms with van der Waals surface area (Å²) in [6.07, 6.45) is 1.18. The van der Waals surface area contributed by atoms with Gasteiger partial charge in [-0.1, -0.05) is 13.8 Å². The lowest BCUT2D eigenvalue weighted by molar-refractivity contribution is 0.0897. The Balaban J connectivity index is 2.12. The van der Waals surface area contributed by atoms with Crippen molar-refractivity contribution in [2.45, 2.75) is 19.9 Å². The summed E-state index contributed by atoms with van der Waals surface area (Å²) < 4.78 is 29.8. The van der Waals surface area contributed by atoms with Crippen molar-refractivity contribution in [3.8, 4) is 0 Å². The SMILES string of the molecule is CC(C)C1CN(S(C)(=O)=O)CC1NC(=O)c1ccc(Cl)o1. The van der Waals surface area contributed by atoms with E-state index < -0.39 is 10.0 Å². The first-order valence-corrected chi connectivity index (χ1v) is 8.92. The van der Waals surface area contributed by atoms with Crippen molar-refractivity contribution in [1.29, 1.82) is 0 Å². The summed E-state index contributed by atoms with van der Waals surface area (Å²) in [6.45, 7) is 4.72. The third-order valence-corrected chi connectivity index (χ3v) is 5.21. The van der Waals surface area contributed by atoms with Gasteiger partial charge in [0, 0.05) is 19.1 Å². The van der Waals surface area contributed by atoms with Crippen LogP contribution >= 0.6 is 11.6 Å². The number of nitrogens with one attached hydrogen (secondary N) is 1. The van der Waals surface area contributed by atoms with Crippen molar-refractivity contribution in [3.63, 3.8) is 0 Å². The van der Waals surface area contributed by atoms with Crippen molar-refractivity contribution in [1.82, 2.24) is 9.62 Å². The van der Waals surface area contributed by atoms with Gasteiger partial charge in [0.05, 0.1) is 6.26 Å². The molecule has 118 valence electrons. The highest BCUT2D eigenvalue weighted by atomic mass is 35.5. The smallest absolute Gasteiger partial charge is 0.287 e. The quantitative estimate of drug-likeness (QED) is 0.906. The van der Waals surface area contributed by atoms with Crippen molar-refractivity contribution >= 4 is 27.5 Å². The fraction of sp³-hybridized carbons (Fsp3) is 0.615. The molecule has 1 aromatic heterocycles. The molecular weight excluding hydrogens is 316 g/mol. The molecule has 2 rings (SSSR count). The van der Waals surface area contributed by atoms with Gasteiger partial charge in [0.2, 0.25) is 10.0 Å². The molecule has 2 heterocycles. The summed E-state index contributed by atoms with van der Waals surface area (Å²) in [5.74, 6) is 0.0598. The molecule has 0 aliphatic carbocycles. The molecule has 1 saturated heterocycles. The number of carbonyl (C=O) groups is 1. The van der Waals surface area contributed by atoms with Gasteiger partial charge in [-0.3, -0.25) is 4.79 Å². The summed E-state index contributed by atoms with van der Waals surface area (Å²) in [6, 6.07) is 2.75. The zero-order chi connectivity index (χ0) is 15.8. The molecule has 2 unspecified atom stereocenters. The molecule has 1 aliphatic rings. The predicted octanol–water partition coefficient (Wildman–Crippen LogP) is 1.58. The Bertz CT molecular complexity index is 626. The Morgan fingerprint density at radius 2 is 2.10 bits per heavy atom. The van der Waals surface area contributed by atoms with E-state index in [4.69, 9.17) is 16.0 Å². The normalized spacial score (nSPS) is 23.7. The largest absolute Gasteiger partial charge is 0.440 e. The molecule has 1 aliphatic heterocycles. The molecule has 1 N–H and O–H groups in total. The number of carbonyl (C=O) groups excluding carboxylic acids is 1. The fourth-order valence-corrected chi connectivity index (χ4v) is 3.59. The van der Waals surface area contributed by atoms with Crippen LogP contribution in [0.4, 0.5) is 0 Å². The molecule has 0 saturated carbocycles. The average molecular weight is 335 g/mol. The van der Waals surface area contributed by atoms with Gasteiger partial charge in [0.25, 0.3) is 5.91 Å². The minimum absolute atomic E-state index is 0.0640. The van der Waals surface area contributed by atoms with Gasteiger partial charge >= 0.3 is 0 Å². The molecule has 0 bridgehead atoms. The highest BCUT2D eigenvalue weighted by Crippen LogP contribution is 2.26. The molecule has 0 radical (unpaired) electrons. The van der Waals surface area contributed by atoms with Gasteiger partial charge in [0.15, 0.2) is 11.0 Å². The number of rotatable bonds is 4. The van der Waals surface area contributed by atoms with Crippen LogP contribution in [-0.2, 0) is 10.0 Å². The van der Waals surface area contributed by atoms with Gasteiger partial charge in [-0.15, -0.1) is 0 Å². The Hall–Kier alpha value is -1.05. The molecule has 8 heteroatoms. The maximum absolute atomic E-state index is 12.1. The van der Waals surface area contributed by atoms with Crippen LogP contribution in [0.1, 0.15) is 24.4 Å². The lowest BCUT2D eigenvalue weighted by Crippen LogP contribution is -2.42. The first-order valence-electron chi connectivity index (χ1n) is 6.70. The van der Waals surface area contributed by atoms with E-state index in [9.17, 15) is 13.2 Å². The number of hydrogen-bond donors (Lipinski definition) is 1. The molecule has 21 heavy (non-hydrogen) atoms. The number of sulfonamides is 1. The highest BCUT2D eigenvalue weighted by Gasteiger charge is 2.39. The van der Waals surface area contributed by atoms with Crippen molar-refractivity contribution in [3.05, 3.63) is 23.1 Å². The second-order valence-electron chi connectivity index (χ2n) is 5.67. The molecule has 1 amide bonds. The van der Waals surface area contributed by atoms with Crippen molar-refractivity contribution < 1.29 is 17.6 Å². The van der Waals surface area contributed by atoms with Crippen LogP contribution in [0.2, 0.25) is 5.22 Å². The van der Waals surface area contributed by atoms with Crippen molar-refractivity contribution in [2.75, 3.05) is 19.3 Å². The summed E-state index contributed by atoms with van der Waals surface area (Å²) in [5, 5.41) is 2.99. The second-order valence-corrected chi connectivity index (χ2v) is 8.03. The molecule has 6 nitrogen and oxygen atoms in total. The predicted molar refractivity (Wildman–Crippen MR) is 79.7 cm³/mol. The van der Waals surface area contributed by atoms with E-state index in [0.29, 0.717) is 6.54 Å². The van der Waals surface area contributed by atoms with Gasteiger partial charge in [0.1, 0.15) is 0 Å². The van der Waals surface area contributed by atoms with E-state index in [1.165, 1.54) is 22.7 Å². The molecule has 2 atom stereocenters. The van der Waals surface area contributed by atoms with Gasteiger partial charge in [-0.2, -0.15) is 4.31 Å². The van der Waals surface area contributed by atoms with E-state index >= 15 is 0 Å². The molecule has 0 spiro atoms. The first kappa shape index (κ1) is 16.3.